The second kappa shape index (κ2) is 6.53. The van der Waals surface area contributed by atoms with Gasteiger partial charge in [0.2, 0.25) is 0 Å². The minimum Gasteiger partial charge on any atom is -0.382 e. The number of nitrogens with two attached hydrogens (primary N) is 1. The van der Waals surface area contributed by atoms with Gasteiger partial charge < -0.3 is 10.5 Å². The summed E-state index contributed by atoms with van der Waals surface area (Å²) >= 11 is 0. The third-order valence-corrected chi connectivity index (χ3v) is 2.28. The Balaban J connectivity index is 2.31. The lowest BCUT2D eigenvalue weighted by Crippen LogP contribution is -2.25. The van der Waals surface area contributed by atoms with Crippen molar-refractivity contribution in [3.05, 3.63) is 29.6 Å². The molecule has 0 bridgehead atoms. The van der Waals surface area contributed by atoms with Crippen molar-refractivity contribution in [1.82, 2.24) is 4.98 Å². The van der Waals surface area contributed by atoms with Crippen LogP contribution in [0, 0.1) is 6.92 Å². The summed E-state index contributed by atoms with van der Waals surface area (Å²) in [4.78, 5) is 4.33. The molecule has 0 aliphatic heterocycles. The third-order valence-electron chi connectivity index (χ3n) is 2.28. The molecule has 3 heteroatoms. The number of pyridine rings is 1. The van der Waals surface area contributed by atoms with Crippen molar-refractivity contribution in [2.24, 2.45) is 5.73 Å². The molecule has 1 aromatic rings. The molecule has 1 aromatic heterocycles. The van der Waals surface area contributed by atoms with E-state index in [0.29, 0.717) is 0 Å². The zero-order chi connectivity index (χ0) is 11.1. The van der Waals surface area contributed by atoms with E-state index in [4.69, 9.17) is 10.5 Å². The summed E-state index contributed by atoms with van der Waals surface area (Å²) in [6.45, 7) is 5.53. The zero-order valence-corrected chi connectivity index (χ0v) is 9.57. The monoisotopic (exact) mass is 208 g/mol. The van der Waals surface area contributed by atoms with E-state index in [-0.39, 0.29) is 6.04 Å². The van der Waals surface area contributed by atoms with E-state index >= 15 is 0 Å². The smallest absolute Gasteiger partial charge is 0.0480 e. The molecular formula is C12H20N2O. The van der Waals surface area contributed by atoms with Gasteiger partial charge >= 0.3 is 0 Å². The Hall–Kier alpha value is -0.930. The molecule has 1 unspecified atom stereocenters. The van der Waals surface area contributed by atoms with E-state index in [0.717, 1.165) is 31.7 Å². The van der Waals surface area contributed by atoms with Crippen molar-refractivity contribution in [3.8, 4) is 0 Å². The molecule has 1 rings (SSSR count). The Bertz CT molecular complexity index is 271. The fourth-order valence-corrected chi connectivity index (χ4v) is 1.37. The highest BCUT2D eigenvalue weighted by Crippen LogP contribution is 2.03. The molecule has 3 nitrogen and oxygen atoms in total. The van der Waals surface area contributed by atoms with Gasteiger partial charge in [-0.05, 0) is 31.9 Å². The Kier molecular flexibility index (Phi) is 5.29. The average Bonchev–Trinajstić information content (AvgIpc) is 2.22. The second-order valence-corrected chi connectivity index (χ2v) is 3.78. The summed E-state index contributed by atoms with van der Waals surface area (Å²) in [7, 11) is 0. The van der Waals surface area contributed by atoms with Crippen LogP contribution in [0.3, 0.4) is 0 Å². The predicted molar refractivity (Wildman–Crippen MR) is 61.8 cm³/mol. The zero-order valence-electron chi connectivity index (χ0n) is 9.57. The van der Waals surface area contributed by atoms with Crippen LogP contribution in [0.5, 0.6) is 0 Å². The average molecular weight is 208 g/mol. The number of rotatable bonds is 6. The van der Waals surface area contributed by atoms with Crippen LogP contribution >= 0.6 is 0 Å². The minimum atomic E-state index is 0.145. The number of nitrogens with zero attached hydrogens (tertiary/aromatic N) is 1. The lowest BCUT2D eigenvalue weighted by atomic mass is 10.1. The molecule has 0 radical (unpaired) electrons. The van der Waals surface area contributed by atoms with Gasteiger partial charge in [0.25, 0.3) is 0 Å². The van der Waals surface area contributed by atoms with Gasteiger partial charge in [-0.1, -0.05) is 6.07 Å². The molecule has 0 saturated carbocycles. The highest BCUT2D eigenvalue weighted by atomic mass is 16.5. The van der Waals surface area contributed by atoms with Crippen LogP contribution < -0.4 is 5.73 Å². The summed E-state index contributed by atoms with van der Waals surface area (Å²) in [6.07, 6.45) is 3.60. The summed E-state index contributed by atoms with van der Waals surface area (Å²) in [6, 6.07) is 4.25. The summed E-state index contributed by atoms with van der Waals surface area (Å²) < 4.78 is 5.26. The number of aromatic nitrogens is 1. The van der Waals surface area contributed by atoms with Crippen LogP contribution in [0.1, 0.15) is 24.6 Å². The van der Waals surface area contributed by atoms with Crippen molar-refractivity contribution in [2.75, 3.05) is 13.2 Å². The fourth-order valence-electron chi connectivity index (χ4n) is 1.37. The number of aryl methyl sites for hydroxylation is 1. The van der Waals surface area contributed by atoms with E-state index in [1.165, 1.54) is 5.56 Å². The van der Waals surface area contributed by atoms with Crippen LogP contribution in [0.15, 0.2) is 18.3 Å². The first kappa shape index (κ1) is 12.1. The maximum Gasteiger partial charge on any atom is 0.0480 e. The predicted octanol–water partition coefficient (Wildman–Crippen LogP) is 1.69. The van der Waals surface area contributed by atoms with E-state index in [1.54, 1.807) is 0 Å². The van der Waals surface area contributed by atoms with Gasteiger partial charge in [-0.3, -0.25) is 4.98 Å². The Morgan fingerprint density at radius 1 is 1.47 bits per heavy atom. The molecule has 0 aromatic carbocycles. The van der Waals surface area contributed by atoms with Crippen LogP contribution in [0.25, 0.3) is 0 Å². The number of hydrogen-bond acceptors (Lipinski definition) is 3. The maximum atomic E-state index is 5.96. The molecule has 0 aliphatic carbocycles. The van der Waals surface area contributed by atoms with E-state index < -0.39 is 0 Å². The molecule has 0 amide bonds. The van der Waals surface area contributed by atoms with Gasteiger partial charge in [-0.2, -0.15) is 0 Å². The third kappa shape index (κ3) is 4.91. The van der Waals surface area contributed by atoms with Crippen molar-refractivity contribution in [3.63, 3.8) is 0 Å². The first-order valence-electron chi connectivity index (χ1n) is 5.47. The van der Waals surface area contributed by atoms with Gasteiger partial charge in [0.15, 0.2) is 0 Å². The molecule has 0 aliphatic rings. The molecule has 1 atom stereocenters. The van der Waals surface area contributed by atoms with Gasteiger partial charge in [-0.25, -0.2) is 0 Å². The van der Waals surface area contributed by atoms with E-state index in [1.807, 2.05) is 26.1 Å². The Morgan fingerprint density at radius 2 is 2.27 bits per heavy atom. The molecule has 1 heterocycles. The second-order valence-electron chi connectivity index (χ2n) is 3.78. The summed E-state index contributed by atoms with van der Waals surface area (Å²) in [5.74, 6) is 0. The number of hydrogen-bond donors (Lipinski definition) is 1. The summed E-state index contributed by atoms with van der Waals surface area (Å²) in [5.41, 5.74) is 8.21. The van der Waals surface area contributed by atoms with Crippen LogP contribution in [-0.4, -0.2) is 24.2 Å². The van der Waals surface area contributed by atoms with Gasteiger partial charge in [0.05, 0.1) is 0 Å². The largest absolute Gasteiger partial charge is 0.382 e. The quantitative estimate of drug-likeness (QED) is 0.724. The standard InChI is InChI=1S/C12H20N2O/c1-3-15-7-6-11(13)8-12-5-4-10(2)9-14-12/h4-5,9,11H,3,6-8,13H2,1-2H3. The summed E-state index contributed by atoms with van der Waals surface area (Å²) in [5, 5.41) is 0. The van der Waals surface area contributed by atoms with Crippen molar-refractivity contribution in [2.45, 2.75) is 32.7 Å². The van der Waals surface area contributed by atoms with Crippen molar-refractivity contribution in [1.29, 1.82) is 0 Å². The van der Waals surface area contributed by atoms with Gasteiger partial charge in [0.1, 0.15) is 0 Å². The molecular weight excluding hydrogens is 188 g/mol. The Morgan fingerprint density at radius 3 is 2.87 bits per heavy atom. The van der Waals surface area contributed by atoms with E-state index in [9.17, 15) is 0 Å². The molecule has 15 heavy (non-hydrogen) atoms. The molecule has 0 fully saturated rings. The fraction of sp³-hybridized carbons (Fsp3) is 0.583. The highest BCUT2D eigenvalue weighted by Gasteiger charge is 2.04. The Labute approximate surface area is 91.7 Å². The normalized spacial score (nSPS) is 12.7. The SMILES string of the molecule is CCOCCC(N)Cc1ccc(C)cn1. The maximum absolute atomic E-state index is 5.96. The van der Waals surface area contributed by atoms with Crippen LogP contribution in [-0.2, 0) is 11.2 Å². The first-order chi connectivity index (χ1) is 7.22. The minimum absolute atomic E-state index is 0.145. The van der Waals surface area contributed by atoms with Gasteiger partial charge in [0, 0.05) is 37.6 Å². The molecule has 0 saturated heterocycles. The molecule has 2 N–H and O–H groups in total. The molecule has 0 spiro atoms. The lowest BCUT2D eigenvalue weighted by molar-refractivity contribution is 0.140. The lowest BCUT2D eigenvalue weighted by Gasteiger charge is -2.10. The molecule has 84 valence electrons. The van der Waals surface area contributed by atoms with E-state index in [2.05, 4.69) is 11.1 Å². The van der Waals surface area contributed by atoms with Gasteiger partial charge in [-0.15, -0.1) is 0 Å². The number of ether oxygens (including phenoxy) is 1. The topological polar surface area (TPSA) is 48.1 Å². The first-order valence-corrected chi connectivity index (χ1v) is 5.47. The van der Waals surface area contributed by atoms with Crippen LogP contribution in [0.2, 0.25) is 0 Å². The van der Waals surface area contributed by atoms with Crippen molar-refractivity contribution < 1.29 is 4.74 Å². The van der Waals surface area contributed by atoms with Crippen molar-refractivity contribution >= 4 is 0 Å². The highest BCUT2D eigenvalue weighted by molar-refractivity contribution is 5.12. The van der Waals surface area contributed by atoms with Crippen LogP contribution in [0.4, 0.5) is 0 Å².